The summed E-state index contributed by atoms with van der Waals surface area (Å²) in [6, 6.07) is 13.3. The van der Waals surface area contributed by atoms with Gasteiger partial charge in [-0.2, -0.15) is 8.78 Å². The number of rotatable bonds is 6. The highest BCUT2D eigenvalue weighted by Crippen LogP contribution is 2.29. The number of halogens is 2. The summed E-state index contributed by atoms with van der Waals surface area (Å²) in [5.41, 5.74) is 2.36. The molecule has 2 aromatic rings. The minimum Gasteiger partial charge on any atom is -0.435 e. The largest absolute Gasteiger partial charge is 0.435 e. The normalized spacial score (nSPS) is 16.7. The van der Waals surface area contributed by atoms with E-state index in [0.717, 1.165) is 17.7 Å². The third-order valence-electron chi connectivity index (χ3n) is 4.51. The van der Waals surface area contributed by atoms with E-state index in [1.54, 1.807) is 4.90 Å². The Balaban J connectivity index is 1.65. The Bertz CT molecular complexity index is 824. The molecule has 1 saturated heterocycles. The number of nitrogens with zero attached hydrogens (tertiary/aromatic N) is 1. The van der Waals surface area contributed by atoms with Gasteiger partial charge in [0, 0.05) is 24.3 Å². The van der Waals surface area contributed by atoms with Gasteiger partial charge in [0.25, 0.3) is 0 Å². The molecule has 1 atom stereocenters. The molecule has 1 aliphatic heterocycles. The van der Waals surface area contributed by atoms with Crippen molar-refractivity contribution in [3.05, 3.63) is 54.1 Å². The summed E-state index contributed by atoms with van der Waals surface area (Å²) >= 11 is 0. The smallest absolute Gasteiger partial charge is 0.387 e. The molecule has 2 amide bonds. The monoisotopic (exact) mass is 374 g/mol. The molecule has 0 bridgehead atoms. The van der Waals surface area contributed by atoms with Crippen LogP contribution in [0.25, 0.3) is 0 Å². The van der Waals surface area contributed by atoms with E-state index in [-0.39, 0.29) is 24.0 Å². The van der Waals surface area contributed by atoms with E-state index in [0.29, 0.717) is 12.2 Å². The van der Waals surface area contributed by atoms with Gasteiger partial charge in [-0.25, -0.2) is 0 Å². The van der Waals surface area contributed by atoms with Crippen LogP contribution in [0.1, 0.15) is 18.9 Å². The number of anilines is 2. The minimum absolute atomic E-state index is 0.0152. The maximum atomic E-state index is 12.5. The summed E-state index contributed by atoms with van der Waals surface area (Å²) in [5.74, 6) is -0.820. The Hall–Kier alpha value is -2.96. The molecule has 142 valence electrons. The zero-order valence-corrected chi connectivity index (χ0v) is 14.8. The van der Waals surface area contributed by atoms with E-state index < -0.39 is 12.5 Å². The number of aryl methyl sites for hydroxylation is 1. The van der Waals surface area contributed by atoms with Crippen molar-refractivity contribution in [2.75, 3.05) is 16.8 Å². The highest BCUT2D eigenvalue weighted by atomic mass is 19.3. The van der Waals surface area contributed by atoms with Gasteiger partial charge in [-0.15, -0.1) is 0 Å². The first-order valence-corrected chi connectivity index (χ1v) is 8.72. The number of hydrogen-bond donors (Lipinski definition) is 1. The van der Waals surface area contributed by atoms with Crippen molar-refractivity contribution < 1.29 is 23.1 Å². The van der Waals surface area contributed by atoms with Crippen LogP contribution in [0.3, 0.4) is 0 Å². The lowest BCUT2D eigenvalue weighted by molar-refractivity contribution is -0.122. The van der Waals surface area contributed by atoms with Crippen LogP contribution in [0, 0.1) is 5.92 Å². The molecule has 2 aromatic carbocycles. The van der Waals surface area contributed by atoms with Crippen LogP contribution in [0.15, 0.2) is 48.5 Å². The van der Waals surface area contributed by atoms with Crippen LogP contribution in [-0.4, -0.2) is 25.0 Å². The van der Waals surface area contributed by atoms with E-state index in [9.17, 15) is 18.4 Å². The summed E-state index contributed by atoms with van der Waals surface area (Å²) in [6.45, 7) is -0.564. The second kappa shape index (κ2) is 8.16. The number of nitrogens with one attached hydrogen (secondary N) is 1. The first-order valence-electron chi connectivity index (χ1n) is 8.72. The first kappa shape index (κ1) is 18.8. The van der Waals surface area contributed by atoms with Crippen molar-refractivity contribution in [2.24, 2.45) is 5.92 Å². The van der Waals surface area contributed by atoms with Crippen molar-refractivity contribution in [1.29, 1.82) is 0 Å². The standard InChI is InChI=1S/C20H20F2N2O3/c1-2-13-5-3-4-6-17(13)24-12-14(11-18(24)25)19(26)23-15-7-9-16(10-8-15)27-20(21)22/h3-10,14,20H,2,11-12H2,1H3,(H,23,26). The summed E-state index contributed by atoms with van der Waals surface area (Å²) in [5, 5.41) is 2.72. The van der Waals surface area contributed by atoms with E-state index in [1.165, 1.54) is 24.3 Å². The van der Waals surface area contributed by atoms with E-state index in [2.05, 4.69) is 10.1 Å². The lowest BCUT2D eigenvalue weighted by Crippen LogP contribution is -2.28. The number of amides is 2. The third kappa shape index (κ3) is 4.42. The van der Waals surface area contributed by atoms with Crippen molar-refractivity contribution in [3.8, 4) is 5.75 Å². The predicted octanol–water partition coefficient (Wildman–Crippen LogP) is 3.84. The zero-order valence-electron chi connectivity index (χ0n) is 14.8. The summed E-state index contributed by atoms with van der Waals surface area (Å²) in [7, 11) is 0. The van der Waals surface area contributed by atoms with E-state index in [4.69, 9.17) is 0 Å². The van der Waals surface area contributed by atoms with Crippen molar-refractivity contribution in [3.63, 3.8) is 0 Å². The van der Waals surface area contributed by atoms with E-state index >= 15 is 0 Å². The predicted molar refractivity (Wildman–Crippen MR) is 98.0 cm³/mol. The molecule has 0 saturated carbocycles. The Morgan fingerprint density at radius 2 is 1.93 bits per heavy atom. The lowest BCUT2D eigenvalue weighted by Gasteiger charge is -2.20. The molecule has 1 heterocycles. The second-order valence-electron chi connectivity index (χ2n) is 6.28. The van der Waals surface area contributed by atoms with Crippen molar-refractivity contribution >= 4 is 23.2 Å². The molecule has 1 fully saturated rings. The fraction of sp³-hybridized carbons (Fsp3) is 0.300. The molecule has 0 spiro atoms. The molecule has 1 N–H and O–H groups in total. The summed E-state index contributed by atoms with van der Waals surface area (Å²) in [4.78, 5) is 26.6. The van der Waals surface area contributed by atoms with Crippen LogP contribution in [0.2, 0.25) is 0 Å². The molecule has 27 heavy (non-hydrogen) atoms. The first-order chi connectivity index (χ1) is 13.0. The van der Waals surface area contributed by atoms with Crippen molar-refractivity contribution in [1.82, 2.24) is 0 Å². The number of alkyl halides is 2. The van der Waals surface area contributed by atoms with Gasteiger partial charge in [0.05, 0.1) is 5.92 Å². The Morgan fingerprint density at radius 3 is 2.59 bits per heavy atom. The minimum atomic E-state index is -2.90. The number of benzene rings is 2. The topological polar surface area (TPSA) is 58.6 Å². The zero-order chi connectivity index (χ0) is 19.4. The maximum Gasteiger partial charge on any atom is 0.387 e. The summed E-state index contributed by atoms with van der Waals surface area (Å²) in [6.07, 6.45) is 0.931. The highest BCUT2D eigenvalue weighted by molar-refractivity contribution is 6.03. The van der Waals surface area contributed by atoms with Gasteiger partial charge in [-0.05, 0) is 42.3 Å². The van der Waals surface area contributed by atoms with Crippen LogP contribution in [0.5, 0.6) is 5.75 Å². The number of carbonyl (C=O) groups excluding carboxylic acids is 2. The molecule has 3 rings (SSSR count). The molecule has 0 radical (unpaired) electrons. The Morgan fingerprint density at radius 1 is 1.22 bits per heavy atom. The van der Waals surface area contributed by atoms with Crippen LogP contribution >= 0.6 is 0 Å². The van der Waals surface area contributed by atoms with E-state index in [1.807, 2.05) is 31.2 Å². The fourth-order valence-corrected chi connectivity index (χ4v) is 3.15. The van der Waals surface area contributed by atoms with Gasteiger partial charge < -0.3 is 15.0 Å². The van der Waals surface area contributed by atoms with Gasteiger partial charge >= 0.3 is 6.61 Å². The molecule has 0 aliphatic carbocycles. The molecule has 7 heteroatoms. The molecule has 1 aliphatic rings. The lowest BCUT2D eigenvalue weighted by atomic mass is 10.1. The molecule has 5 nitrogen and oxygen atoms in total. The number of para-hydroxylation sites is 1. The Kier molecular flexibility index (Phi) is 5.69. The van der Waals surface area contributed by atoms with Crippen LogP contribution < -0.4 is 15.0 Å². The molecule has 0 aromatic heterocycles. The average Bonchev–Trinajstić information content (AvgIpc) is 3.04. The number of hydrogen-bond acceptors (Lipinski definition) is 3. The van der Waals surface area contributed by atoms with Gasteiger partial charge in [0.2, 0.25) is 11.8 Å². The number of carbonyl (C=O) groups is 2. The number of ether oxygens (including phenoxy) is 1. The van der Waals surface area contributed by atoms with Crippen LogP contribution in [0.4, 0.5) is 20.2 Å². The quantitative estimate of drug-likeness (QED) is 0.836. The van der Waals surface area contributed by atoms with Crippen molar-refractivity contribution in [2.45, 2.75) is 26.4 Å². The Labute approximate surface area is 155 Å². The molecule has 1 unspecified atom stereocenters. The van der Waals surface area contributed by atoms with Gasteiger partial charge in [-0.3, -0.25) is 9.59 Å². The fourth-order valence-electron chi connectivity index (χ4n) is 3.15. The second-order valence-corrected chi connectivity index (χ2v) is 6.28. The average molecular weight is 374 g/mol. The molecular formula is C20H20F2N2O3. The SMILES string of the molecule is CCc1ccccc1N1CC(C(=O)Nc2ccc(OC(F)F)cc2)CC1=O. The van der Waals surface area contributed by atoms with Gasteiger partial charge in [0.1, 0.15) is 5.75 Å². The summed E-state index contributed by atoms with van der Waals surface area (Å²) < 4.78 is 28.6. The molecular weight excluding hydrogens is 354 g/mol. The van der Waals surface area contributed by atoms with Gasteiger partial charge in [0.15, 0.2) is 0 Å². The third-order valence-corrected chi connectivity index (χ3v) is 4.51. The van der Waals surface area contributed by atoms with Gasteiger partial charge in [-0.1, -0.05) is 25.1 Å². The highest BCUT2D eigenvalue weighted by Gasteiger charge is 2.35. The maximum absolute atomic E-state index is 12.5. The van der Waals surface area contributed by atoms with Crippen LogP contribution in [-0.2, 0) is 16.0 Å².